The number of para-hydroxylation sites is 1. The fourth-order valence-electron chi connectivity index (χ4n) is 3.45. The average Bonchev–Trinajstić information content (AvgIpc) is 2.80. The zero-order valence-electron chi connectivity index (χ0n) is 19.9. The normalized spacial score (nSPS) is 12.2. The van der Waals surface area contributed by atoms with E-state index in [0.29, 0.717) is 22.2 Å². The van der Waals surface area contributed by atoms with Gasteiger partial charge in [0, 0.05) is 26.1 Å². The maximum Gasteiger partial charge on any atom is 0.242 e. The molecule has 0 radical (unpaired) electrons. The Kier molecular flexibility index (Phi) is 10.8. The van der Waals surface area contributed by atoms with E-state index in [1.54, 1.807) is 25.1 Å². The molecule has 0 aromatic heterocycles. The van der Waals surface area contributed by atoms with Gasteiger partial charge in [0.1, 0.15) is 11.9 Å². The molecule has 0 aliphatic carbocycles. The van der Waals surface area contributed by atoms with Crippen molar-refractivity contribution in [3.63, 3.8) is 0 Å². The first-order chi connectivity index (χ1) is 16.5. The number of hydrogen-bond donors (Lipinski definition) is 1. The van der Waals surface area contributed by atoms with Crippen LogP contribution < -0.4 is 9.62 Å². The van der Waals surface area contributed by atoms with E-state index >= 15 is 0 Å². The summed E-state index contributed by atoms with van der Waals surface area (Å²) in [5, 5.41) is 3.48. The Bertz CT molecular complexity index is 1150. The van der Waals surface area contributed by atoms with Crippen molar-refractivity contribution < 1.29 is 22.4 Å². The summed E-state index contributed by atoms with van der Waals surface area (Å²) in [4.78, 5) is 27.2. The van der Waals surface area contributed by atoms with Crippen molar-refractivity contribution in [1.82, 2.24) is 10.2 Å². The molecular weight excluding hydrogens is 516 g/mol. The SMILES string of the molecule is CCCNC(=O)[C@@H](C)N(Cc1ccc(Cl)c(Cl)c1)C(=O)CCCN(c1ccccc1F)S(C)(=O)=O. The summed E-state index contributed by atoms with van der Waals surface area (Å²) in [6, 6.07) is 9.73. The first-order valence-corrected chi connectivity index (χ1v) is 13.8. The maximum atomic E-state index is 14.2. The number of anilines is 1. The molecule has 0 heterocycles. The third-order valence-corrected chi connectivity index (χ3v) is 7.25. The van der Waals surface area contributed by atoms with Gasteiger partial charge in [0.15, 0.2) is 0 Å². The Balaban J connectivity index is 2.19. The minimum Gasteiger partial charge on any atom is -0.354 e. The number of amides is 2. The van der Waals surface area contributed by atoms with Crippen LogP contribution in [0.15, 0.2) is 42.5 Å². The van der Waals surface area contributed by atoms with Crippen molar-refractivity contribution in [3.8, 4) is 0 Å². The van der Waals surface area contributed by atoms with Gasteiger partial charge in [-0.3, -0.25) is 13.9 Å². The summed E-state index contributed by atoms with van der Waals surface area (Å²) in [7, 11) is -3.78. The van der Waals surface area contributed by atoms with Gasteiger partial charge in [0.05, 0.1) is 22.0 Å². The highest BCUT2D eigenvalue weighted by Gasteiger charge is 2.27. The molecule has 0 spiro atoms. The molecule has 1 atom stereocenters. The van der Waals surface area contributed by atoms with Crippen LogP contribution in [0.3, 0.4) is 0 Å². The molecule has 11 heteroatoms. The minimum absolute atomic E-state index is 0.0484. The number of sulfonamides is 1. The second kappa shape index (κ2) is 13.1. The quantitative estimate of drug-likeness (QED) is 0.421. The smallest absolute Gasteiger partial charge is 0.242 e. The summed E-state index contributed by atoms with van der Waals surface area (Å²) in [6.07, 6.45) is 1.81. The van der Waals surface area contributed by atoms with Crippen molar-refractivity contribution in [1.29, 1.82) is 0 Å². The van der Waals surface area contributed by atoms with Crippen LogP contribution in [-0.2, 0) is 26.2 Å². The second-order valence-corrected chi connectivity index (χ2v) is 10.8. The molecule has 35 heavy (non-hydrogen) atoms. The lowest BCUT2D eigenvalue weighted by Gasteiger charge is -2.29. The molecule has 0 fully saturated rings. The lowest BCUT2D eigenvalue weighted by molar-refractivity contribution is -0.140. The van der Waals surface area contributed by atoms with E-state index in [9.17, 15) is 22.4 Å². The molecular formula is C24H30Cl2FN3O4S. The summed E-state index contributed by atoms with van der Waals surface area (Å²) in [5.41, 5.74) is 0.606. The van der Waals surface area contributed by atoms with Crippen LogP contribution in [0.2, 0.25) is 10.0 Å². The summed E-state index contributed by atoms with van der Waals surface area (Å²) in [6.45, 7) is 4.04. The third kappa shape index (κ3) is 8.37. The van der Waals surface area contributed by atoms with Gasteiger partial charge in [0.25, 0.3) is 0 Å². The molecule has 0 aliphatic rings. The molecule has 192 valence electrons. The highest BCUT2D eigenvalue weighted by molar-refractivity contribution is 7.92. The van der Waals surface area contributed by atoms with Crippen molar-refractivity contribution in [2.45, 2.75) is 45.7 Å². The van der Waals surface area contributed by atoms with Crippen LogP contribution in [0, 0.1) is 5.82 Å². The van der Waals surface area contributed by atoms with Crippen molar-refractivity contribution >= 4 is 50.7 Å². The van der Waals surface area contributed by atoms with Crippen molar-refractivity contribution in [2.24, 2.45) is 0 Å². The third-order valence-electron chi connectivity index (χ3n) is 5.33. The van der Waals surface area contributed by atoms with Gasteiger partial charge in [-0.2, -0.15) is 0 Å². The molecule has 0 unspecified atom stereocenters. The largest absolute Gasteiger partial charge is 0.354 e. The lowest BCUT2D eigenvalue weighted by Crippen LogP contribution is -2.47. The Labute approximate surface area is 216 Å². The first kappa shape index (κ1) is 28.9. The van der Waals surface area contributed by atoms with E-state index in [4.69, 9.17) is 23.2 Å². The number of nitrogens with one attached hydrogen (secondary N) is 1. The van der Waals surface area contributed by atoms with E-state index in [1.807, 2.05) is 6.92 Å². The van der Waals surface area contributed by atoms with Crippen LogP contribution in [0.25, 0.3) is 0 Å². The van der Waals surface area contributed by atoms with E-state index < -0.39 is 21.9 Å². The van der Waals surface area contributed by atoms with Gasteiger partial charge >= 0.3 is 0 Å². The van der Waals surface area contributed by atoms with Crippen LogP contribution >= 0.6 is 23.2 Å². The number of hydrogen-bond acceptors (Lipinski definition) is 4. The first-order valence-electron chi connectivity index (χ1n) is 11.2. The second-order valence-electron chi connectivity index (χ2n) is 8.13. The minimum atomic E-state index is -3.78. The standard InChI is InChI=1S/C24H30Cl2FN3O4S/c1-4-13-28-24(32)17(2)29(16-18-11-12-19(25)20(26)15-18)23(31)10-7-14-30(35(3,33)34)22-9-6-5-8-21(22)27/h5-6,8-9,11-12,15,17H,4,7,10,13-14,16H2,1-3H3,(H,28,32)/t17-/m1/s1. The highest BCUT2D eigenvalue weighted by atomic mass is 35.5. The number of rotatable bonds is 12. The van der Waals surface area contributed by atoms with E-state index in [0.717, 1.165) is 17.0 Å². The number of halogens is 3. The van der Waals surface area contributed by atoms with Gasteiger partial charge in [-0.05, 0) is 49.6 Å². The number of carbonyl (C=O) groups is 2. The zero-order chi connectivity index (χ0) is 26.2. The molecule has 2 amide bonds. The fraction of sp³-hybridized carbons (Fsp3) is 0.417. The molecule has 0 aliphatic heterocycles. The summed E-state index contributed by atoms with van der Waals surface area (Å²) < 4.78 is 39.7. The number of benzene rings is 2. The van der Waals surface area contributed by atoms with E-state index in [2.05, 4.69) is 5.32 Å². The highest BCUT2D eigenvalue weighted by Crippen LogP contribution is 2.25. The molecule has 1 N–H and O–H groups in total. The Morgan fingerprint density at radius 1 is 1.11 bits per heavy atom. The summed E-state index contributed by atoms with van der Waals surface area (Å²) >= 11 is 12.1. The van der Waals surface area contributed by atoms with Gasteiger partial charge < -0.3 is 10.2 Å². The predicted molar refractivity (Wildman–Crippen MR) is 138 cm³/mol. The zero-order valence-corrected chi connectivity index (χ0v) is 22.3. The Morgan fingerprint density at radius 2 is 1.80 bits per heavy atom. The van der Waals surface area contributed by atoms with Crippen LogP contribution in [0.1, 0.15) is 38.7 Å². The molecule has 0 bridgehead atoms. The van der Waals surface area contributed by atoms with Gasteiger partial charge in [-0.25, -0.2) is 12.8 Å². The Morgan fingerprint density at radius 3 is 2.40 bits per heavy atom. The summed E-state index contributed by atoms with van der Waals surface area (Å²) in [5.74, 6) is -1.33. The van der Waals surface area contributed by atoms with Crippen LogP contribution in [0.4, 0.5) is 10.1 Å². The molecule has 7 nitrogen and oxygen atoms in total. The number of carbonyl (C=O) groups excluding carboxylic acids is 2. The topological polar surface area (TPSA) is 86.8 Å². The van der Waals surface area contributed by atoms with Gasteiger partial charge in [0.2, 0.25) is 21.8 Å². The molecule has 0 saturated carbocycles. The van der Waals surface area contributed by atoms with E-state index in [-0.39, 0.29) is 43.4 Å². The van der Waals surface area contributed by atoms with Crippen LogP contribution in [0.5, 0.6) is 0 Å². The molecule has 0 saturated heterocycles. The van der Waals surface area contributed by atoms with Crippen molar-refractivity contribution in [2.75, 3.05) is 23.7 Å². The van der Waals surface area contributed by atoms with Gasteiger partial charge in [-0.15, -0.1) is 0 Å². The molecule has 2 aromatic carbocycles. The van der Waals surface area contributed by atoms with E-state index in [1.165, 1.54) is 29.2 Å². The lowest BCUT2D eigenvalue weighted by atomic mass is 10.1. The predicted octanol–water partition coefficient (Wildman–Crippen LogP) is 4.62. The maximum absolute atomic E-state index is 14.2. The molecule has 2 rings (SSSR count). The number of nitrogens with zero attached hydrogens (tertiary/aromatic N) is 2. The van der Waals surface area contributed by atoms with Gasteiger partial charge in [-0.1, -0.05) is 48.3 Å². The van der Waals surface area contributed by atoms with Crippen LogP contribution in [-0.4, -0.2) is 50.5 Å². The molecule has 2 aromatic rings. The average molecular weight is 546 g/mol. The fourth-order valence-corrected chi connectivity index (χ4v) is 4.74. The Hall–Kier alpha value is -2.36. The monoisotopic (exact) mass is 545 g/mol. The van der Waals surface area contributed by atoms with Crippen molar-refractivity contribution in [3.05, 3.63) is 63.9 Å².